The van der Waals surface area contributed by atoms with Crippen molar-refractivity contribution in [3.8, 4) is 5.75 Å². The molecular weight excluding hydrogens is 298 g/mol. The first kappa shape index (κ1) is 14.7. The van der Waals surface area contributed by atoms with Crippen molar-refractivity contribution in [2.45, 2.75) is 26.7 Å². The number of nitro groups is 1. The SMILES string of the molecule is CC=CCc1cc(Br)cc([N+](=O)[O-])c1OCCC. The molecule has 0 aromatic heterocycles. The van der Waals surface area contributed by atoms with Crippen LogP contribution in [-0.2, 0) is 6.42 Å². The van der Waals surface area contributed by atoms with Crippen molar-refractivity contribution in [2.75, 3.05) is 6.61 Å². The van der Waals surface area contributed by atoms with Crippen LogP contribution >= 0.6 is 15.9 Å². The zero-order chi connectivity index (χ0) is 13.5. The van der Waals surface area contributed by atoms with Crippen LogP contribution in [0.1, 0.15) is 25.8 Å². The Balaban J connectivity index is 3.22. The van der Waals surface area contributed by atoms with Crippen LogP contribution in [0.3, 0.4) is 0 Å². The minimum atomic E-state index is -0.408. The summed E-state index contributed by atoms with van der Waals surface area (Å²) in [6.45, 7) is 4.36. The van der Waals surface area contributed by atoms with Crippen LogP contribution in [0.2, 0.25) is 0 Å². The molecule has 0 aliphatic heterocycles. The fourth-order valence-corrected chi connectivity index (χ4v) is 2.03. The Morgan fingerprint density at radius 1 is 1.50 bits per heavy atom. The highest BCUT2D eigenvalue weighted by Gasteiger charge is 2.20. The molecule has 4 nitrogen and oxygen atoms in total. The first-order chi connectivity index (χ1) is 8.60. The number of benzene rings is 1. The largest absolute Gasteiger partial charge is 0.487 e. The van der Waals surface area contributed by atoms with E-state index in [4.69, 9.17) is 4.74 Å². The fraction of sp³-hybridized carbons (Fsp3) is 0.385. The molecule has 1 aromatic rings. The Morgan fingerprint density at radius 3 is 2.78 bits per heavy atom. The Bertz CT molecular complexity index is 458. The normalized spacial score (nSPS) is 10.8. The maximum atomic E-state index is 11.0. The summed E-state index contributed by atoms with van der Waals surface area (Å²) in [5, 5.41) is 11.0. The van der Waals surface area contributed by atoms with Crippen LogP contribution < -0.4 is 4.74 Å². The van der Waals surface area contributed by atoms with Crippen molar-refractivity contribution in [3.63, 3.8) is 0 Å². The van der Waals surface area contributed by atoms with Gasteiger partial charge in [0.05, 0.1) is 11.5 Å². The summed E-state index contributed by atoms with van der Waals surface area (Å²) in [4.78, 5) is 10.6. The van der Waals surface area contributed by atoms with Crippen molar-refractivity contribution in [3.05, 3.63) is 44.4 Å². The molecule has 0 fully saturated rings. The second kappa shape index (κ2) is 7.16. The molecule has 0 N–H and O–H groups in total. The lowest BCUT2D eigenvalue weighted by atomic mass is 10.1. The molecule has 0 aliphatic carbocycles. The first-order valence-electron chi connectivity index (χ1n) is 5.80. The molecule has 0 radical (unpaired) electrons. The van der Waals surface area contributed by atoms with Gasteiger partial charge in [0.2, 0.25) is 5.75 Å². The molecule has 98 valence electrons. The van der Waals surface area contributed by atoms with Crippen LogP contribution in [-0.4, -0.2) is 11.5 Å². The van der Waals surface area contributed by atoms with E-state index in [0.717, 1.165) is 12.0 Å². The van der Waals surface area contributed by atoms with Gasteiger partial charge in [-0.05, 0) is 25.8 Å². The summed E-state index contributed by atoms with van der Waals surface area (Å²) in [5.74, 6) is 0.378. The molecule has 0 saturated carbocycles. The Morgan fingerprint density at radius 2 is 2.22 bits per heavy atom. The minimum Gasteiger partial charge on any atom is -0.487 e. The molecule has 0 atom stereocenters. The van der Waals surface area contributed by atoms with Crippen LogP contribution in [0, 0.1) is 10.1 Å². The lowest BCUT2D eigenvalue weighted by molar-refractivity contribution is -0.386. The van der Waals surface area contributed by atoms with Gasteiger partial charge in [-0.25, -0.2) is 0 Å². The molecule has 1 rings (SSSR count). The summed E-state index contributed by atoms with van der Waals surface area (Å²) in [7, 11) is 0. The highest BCUT2D eigenvalue weighted by Crippen LogP contribution is 2.35. The summed E-state index contributed by atoms with van der Waals surface area (Å²) in [6, 6.07) is 3.34. The average molecular weight is 314 g/mol. The van der Waals surface area contributed by atoms with Gasteiger partial charge in [0.25, 0.3) is 0 Å². The third kappa shape index (κ3) is 3.84. The van der Waals surface area contributed by atoms with E-state index in [0.29, 0.717) is 23.2 Å². The smallest absolute Gasteiger partial charge is 0.312 e. The number of hydrogen-bond acceptors (Lipinski definition) is 3. The number of ether oxygens (including phenoxy) is 1. The first-order valence-corrected chi connectivity index (χ1v) is 6.60. The van der Waals surface area contributed by atoms with Gasteiger partial charge in [0.15, 0.2) is 0 Å². The van der Waals surface area contributed by atoms with E-state index in [1.807, 2.05) is 32.1 Å². The molecule has 1 aromatic carbocycles. The van der Waals surface area contributed by atoms with Crippen molar-refractivity contribution in [1.82, 2.24) is 0 Å². The summed E-state index contributed by atoms with van der Waals surface area (Å²) >= 11 is 3.29. The quantitative estimate of drug-likeness (QED) is 0.448. The van der Waals surface area contributed by atoms with Gasteiger partial charge in [0, 0.05) is 16.1 Å². The zero-order valence-electron chi connectivity index (χ0n) is 10.5. The molecule has 0 unspecified atom stereocenters. The maximum absolute atomic E-state index is 11.0. The summed E-state index contributed by atoms with van der Waals surface area (Å²) in [6.07, 6.45) is 5.30. The van der Waals surface area contributed by atoms with Crippen molar-refractivity contribution in [2.24, 2.45) is 0 Å². The Labute approximate surface area is 115 Å². The molecule has 0 saturated heterocycles. The minimum absolute atomic E-state index is 0.0114. The number of nitro benzene ring substituents is 1. The summed E-state index contributed by atoms with van der Waals surface area (Å²) < 4.78 is 6.23. The third-order valence-corrected chi connectivity index (χ3v) is 2.79. The van der Waals surface area contributed by atoms with E-state index >= 15 is 0 Å². The fourth-order valence-electron chi connectivity index (χ4n) is 1.54. The molecule has 0 spiro atoms. The zero-order valence-corrected chi connectivity index (χ0v) is 12.1. The molecule has 0 aliphatic rings. The van der Waals surface area contributed by atoms with Gasteiger partial charge in [-0.3, -0.25) is 10.1 Å². The maximum Gasteiger partial charge on any atom is 0.312 e. The standard InChI is InChI=1S/C13H16BrNO3/c1-3-5-6-10-8-11(14)9-12(15(16)17)13(10)18-7-4-2/h3,5,8-9H,4,6-7H2,1-2H3. The third-order valence-electron chi connectivity index (χ3n) is 2.33. The van der Waals surface area contributed by atoms with E-state index in [1.54, 1.807) is 0 Å². The van der Waals surface area contributed by atoms with Crippen molar-refractivity contribution >= 4 is 21.6 Å². The molecular formula is C13H16BrNO3. The predicted molar refractivity (Wildman–Crippen MR) is 75.1 cm³/mol. The van der Waals surface area contributed by atoms with Crippen molar-refractivity contribution in [1.29, 1.82) is 0 Å². The van der Waals surface area contributed by atoms with Gasteiger partial charge < -0.3 is 4.74 Å². The van der Waals surface area contributed by atoms with E-state index in [1.165, 1.54) is 6.07 Å². The molecule has 18 heavy (non-hydrogen) atoms. The van der Waals surface area contributed by atoms with Gasteiger partial charge in [-0.2, -0.15) is 0 Å². The van der Waals surface area contributed by atoms with Crippen LogP contribution in [0.25, 0.3) is 0 Å². The highest BCUT2D eigenvalue weighted by molar-refractivity contribution is 9.10. The predicted octanol–water partition coefficient (Wildman–Crippen LogP) is 4.26. The topological polar surface area (TPSA) is 52.4 Å². The van der Waals surface area contributed by atoms with Crippen LogP contribution in [0.5, 0.6) is 5.75 Å². The summed E-state index contributed by atoms with van der Waals surface area (Å²) in [5.41, 5.74) is 0.833. The molecule has 5 heteroatoms. The molecule has 0 bridgehead atoms. The number of rotatable bonds is 6. The Kier molecular flexibility index (Phi) is 5.85. The Hall–Kier alpha value is -1.36. The van der Waals surface area contributed by atoms with E-state index in [2.05, 4.69) is 15.9 Å². The van der Waals surface area contributed by atoms with Gasteiger partial charge in [-0.15, -0.1) is 0 Å². The van der Waals surface area contributed by atoms with Crippen LogP contribution in [0.15, 0.2) is 28.8 Å². The van der Waals surface area contributed by atoms with Gasteiger partial charge in [0.1, 0.15) is 0 Å². The van der Waals surface area contributed by atoms with E-state index in [-0.39, 0.29) is 5.69 Å². The highest BCUT2D eigenvalue weighted by atomic mass is 79.9. The monoisotopic (exact) mass is 313 g/mol. The number of hydrogen-bond donors (Lipinski definition) is 0. The van der Waals surface area contributed by atoms with Gasteiger partial charge in [-0.1, -0.05) is 35.0 Å². The lowest BCUT2D eigenvalue weighted by Crippen LogP contribution is -2.03. The van der Waals surface area contributed by atoms with E-state index < -0.39 is 4.92 Å². The second-order valence-electron chi connectivity index (χ2n) is 3.79. The number of halogens is 1. The van der Waals surface area contributed by atoms with Crippen molar-refractivity contribution < 1.29 is 9.66 Å². The second-order valence-corrected chi connectivity index (χ2v) is 4.71. The number of allylic oxidation sites excluding steroid dienone is 2. The van der Waals surface area contributed by atoms with Crippen LogP contribution in [0.4, 0.5) is 5.69 Å². The van der Waals surface area contributed by atoms with Gasteiger partial charge >= 0.3 is 5.69 Å². The molecule has 0 heterocycles. The molecule has 0 amide bonds. The lowest BCUT2D eigenvalue weighted by Gasteiger charge is -2.10. The average Bonchev–Trinajstić information content (AvgIpc) is 2.34. The number of nitrogens with zero attached hydrogens (tertiary/aromatic N) is 1. The van der Waals surface area contributed by atoms with E-state index in [9.17, 15) is 10.1 Å².